The molecule has 0 aliphatic rings. The molecule has 0 saturated heterocycles. The first-order chi connectivity index (χ1) is 12.3. The third-order valence-corrected chi connectivity index (χ3v) is 3.99. The molecule has 2 N–H and O–H groups in total. The van der Waals surface area contributed by atoms with E-state index in [0.29, 0.717) is 18.1 Å². The average molecular weight is 355 g/mol. The Kier molecular flexibility index (Phi) is 6.69. The molecule has 0 aliphatic carbocycles. The van der Waals surface area contributed by atoms with Gasteiger partial charge in [-0.2, -0.15) is 0 Å². The molecule has 0 spiro atoms. The van der Waals surface area contributed by atoms with Crippen molar-refractivity contribution >= 4 is 17.5 Å². The summed E-state index contributed by atoms with van der Waals surface area (Å²) in [6.07, 6.45) is 3.99. The molecule has 1 amide bonds. The molecule has 2 rings (SSSR count). The highest BCUT2D eigenvalue weighted by atomic mass is 16.1. The van der Waals surface area contributed by atoms with Crippen molar-refractivity contribution in [3.63, 3.8) is 0 Å². The molecule has 0 fully saturated rings. The fourth-order valence-electron chi connectivity index (χ4n) is 2.39. The van der Waals surface area contributed by atoms with Crippen LogP contribution in [0.25, 0.3) is 0 Å². The number of carbonyl (C=O) groups is 1. The van der Waals surface area contributed by atoms with Crippen molar-refractivity contribution in [3.05, 3.63) is 47.8 Å². The smallest absolute Gasteiger partial charge is 0.254 e. The standard InChI is InChI=1S/C20H29N5O/c1-20(2,3)16-7-9-17(10-8-16)24-19-22-13-15(14-23-19)18(26)21-11-6-12-25(4)5/h7-10,13-14H,6,11-12H2,1-5H3,(H,21,26)(H,22,23,24). The first-order valence-electron chi connectivity index (χ1n) is 8.88. The zero-order valence-electron chi connectivity index (χ0n) is 16.3. The second-order valence-corrected chi connectivity index (χ2v) is 7.66. The second kappa shape index (κ2) is 8.76. The summed E-state index contributed by atoms with van der Waals surface area (Å²) in [6.45, 7) is 8.12. The topological polar surface area (TPSA) is 70.2 Å². The summed E-state index contributed by atoms with van der Waals surface area (Å²) in [5, 5.41) is 6.03. The monoisotopic (exact) mass is 355 g/mol. The van der Waals surface area contributed by atoms with E-state index in [1.54, 1.807) is 12.4 Å². The van der Waals surface area contributed by atoms with Crippen LogP contribution in [0.5, 0.6) is 0 Å². The summed E-state index contributed by atoms with van der Waals surface area (Å²) in [5.41, 5.74) is 2.77. The molecular formula is C20H29N5O. The normalized spacial score (nSPS) is 11.5. The lowest BCUT2D eigenvalue weighted by Crippen LogP contribution is -2.27. The van der Waals surface area contributed by atoms with Crippen molar-refractivity contribution in [2.24, 2.45) is 0 Å². The highest BCUT2D eigenvalue weighted by Crippen LogP contribution is 2.24. The first kappa shape index (κ1) is 19.8. The molecule has 140 valence electrons. The van der Waals surface area contributed by atoms with Gasteiger partial charge in [-0.3, -0.25) is 4.79 Å². The lowest BCUT2D eigenvalue weighted by Gasteiger charge is -2.19. The number of nitrogens with one attached hydrogen (secondary N) is 2. The van der Waals surface area contributed by atoms with Crippen LogP contribution in [0.15, 0.2) is 36.7 Å². The van der Waals surface area contributed by atoms with Gasteiger partial charge in [-0.05, 0) is 50.2 Å². The molecule has 2 aromatic rings. The predicted molar refractivity (Wildman–Crippen MR) is 106 cm³/mol. The molecule has 0 saturated carbocycles. The number of aromatic nitrogens is 2. The number of hydrogen-bond acceptors (Lipinski definition) is 5. The van der Waals surface area contributed by atoms with Crippen LogP contribution in [0, 0.1) is 0 Å². The molecule has 0 radical (unpaired) electrons. The molecule has 1 heterocycles. The Labute approximate surface area is 156 Å². The molecule has 6 heteroatoms. The first-order valence-corrected chi connectivity index (χ1v) is 8.88. The largest absolute Gasteiger partial charge is 0.352 e. The van der Waals surface area contributed by atoms with Gasteiger partial charge in [0, 0.05) is 24.6 Å². The Bertz CT molecular complexity index is 702. The van der Waals surface area contributed by atoms with Crippen molar-refractivity contribution in [3.8, 4) is 0 Å². The SMILES string of the molecule is CN(C)CCCNC(=O)c1cnc(Nc2ccc(C(C)(C)C)cc2)nc1. The molecule has 0 bridgehead atoms. The lowest BCUT2D eigenvalue weighted by molar-refractivity contribution is 0.0951. The lowest BCUT2D eigenvalue weighted by atomic mass is 9.87. The maximum Gasteiger partial charge on any atom is 0.254 e. The third kappa shape index (κ3) is 6.11. The predicted octanol–water partition coefficient (Wildman–Crippen LogP) is 3.20. The summed E-state index contributed by atoms with van der Waals surface area (Å²) in [6, 6.07) is 8.21. The molecule has 1 aromatic carbocycles. The Balaban J connectivity index is 1.89. The molecule has 0 aliphatic heterocycles. The van der Waals surface area contributed by atoms with E-state index in [4.69, 9.17) is 0 Å². The van der Waals surface area contributed by atoms with Gasteiger partial charge < -0.3 is 15.5 Å². The summed E-state index contributed by atoms with van der Waals surface area (Å²) in [4.78, 5) is 22.6. The van der Waals surface area contributed by atoms with Crippen LogP contribution in [0.2, 0.25) is 0 Å². The van der Waals surface area contributed by atoms with Crippen LogP contribution in [0.4, 0.5) is 11.6 Å². The average Bonchev–Trinajstić information content (AvgIpc) is 2.59. The number of rotatable bonds is 7. The quantitative estimate of drug-likeness (QED) is 0.747. The van der Waals surface area contributed by atoms with Crippen molar-refractivity contribution in [1.82, 2.24) is 20.2 Å². The highest BCUT2D eigenvalue weighted by Gasteiger charge is 2.13. The van der Waals surface area contributed by atoms with Crippen LogP contribution in [-0.2, 0) is 5.41 Å². The van der Waals surface area contributed by atoms with Gasteiger partial charge in [-0.25, -0.2) is 9.97 Å². The molecule has 26 heavy (non-hydrogen) atoms. The Morgan fingerprint density at radius 3 is 2.23 bits per heavy atom. The van der Waals surface area contributed by atoms with Gasteiger partial charge in [0.05, 0.1) is 5.56 Å². The van der Waals surface area contributed by atoms with Crippen molar-refractivity contribution in [2.45, 2.75) is 32.6 Å². The van der Waals surface area contributed by atoms with Gasteiger partial charge in [0.15, 0.2) is 0 Å². The number of hydrogen-bond donors (Lipinski definition) is 2. The summed E-state index contributed by atoms with van der Waals surface area (Å²) in [7, 11) is 4.02. The maximum absolute atomic E-state index is 12.1. The fourth-order valence-corrected chi connectivity index (χ4v) is 2.39. The van der Waals surface area contributed by atoms with E-state index in [2.05, 4.69) is 58.4 Å². The highest BCUT2D eigenvalue weighted by molar-refractivity contribution is 5.93. The van der Waals surface area contributed by atoms with Crippen molar-refractivity contribution in [1.29, 1.82) is 0 Å². The van der Waals surface area contributed by atoms with E-state index in [9.17, 15) is 4.79 Å². The van der Waals surface area contributed by atoms with E-state index in [-0.39, 0.29) is 11.3 Å². The number of amides is 1. The summed E-state index contributed by atoms with van der Waals surface area (Å²) in [5.74, 6) is 0.322. The van der Waals surface area contributed by atoms with Gasteiger partial charge in [0.2, 0.25) is 5.95 Å². The fraction of sp³-hybridized carbons (Fsp3) is 0.450. The number of anilines is 2. The summed E-state index contributed by atoms with van der Waals surface area (Å²) < 4.78 is 0. The number of carbonyl (C=O) groups excluding carboxylic acids is 1. The maximum atomic E-state index is 12.1. The van der Waals surface area contributed by atoms with Gasteiger partial charge in [-0.1, -0.05) is 32.9 Å². The van der Waals surface area contributed by atoms with Crippen molar-refractivity contribution in [2.75, 3.05) is 32.5 Å². The zero-order chi connectivity index (χ0) is 19.2. The third-order valence-electron chi connectivity index (χ3n) is 3.99. The minimum absolute atomic E-state index is 0.122. The van der Waals surface area contributed by atoms with Crippen LogP contribution >= 0.6 is 0 Å². The summed E-state index contributed by atoms with van der Waals surface area (Å²) >= 11 is 0. The van der Waals surface area contributed by atoms with Crippen molar-refractivity contribution < 1.29 is 4.79 Å². The van der Waals surface area contributed by atoms with Gasteiger partial charge in [0.1, 0.15) is 0 Å². The molecular weight excluding hydrogens is 326 g/mol. The van der Waals surface area contributed by atoms with E-state index >= 15 is 0 Å². The van der Waals surface area contributed by atoms with Crippen LogP contribution in [0.3, 0.4) is 0 Å². The van der Waals surface area contributed by atoms with E-state index in [1.165, 1.54) is 5.56 Å². The Morgan fingerprint density at radius 2 is 1.69 bits per heavy atom. The Hall–Kier alpha value is -2.47. The number of benzene rings is 1. The minimum Gasteiger partial charge on any atom is -0.352 e. The Morgan fingerprint density at radius 1 is 1.08 bits per heavy atom. The van der Waals surface area contributed by atoms with Crippen LogP contribution in [0.1, 0.15) is 43.1 Å². The molecule has 1 aromatic heterocycles. The van der Waals surface area contributed by atoms with Gasteiger partial charge in [0.25, 0.3) is 5.91 Å². The zero-order valence-corrected chi connectivity index (χ0v) is 16.3. The minimum atomic E-state index is -0.148. The molecule has 0 unspecified atom stereocenters. The molecule has 6 nitrogen and oxygen atoms in total. The van der Waals surface area contributed by atoms with Crippen LogP contribution < -0.4 is 10.6 Å². The van der Waals surface area contributed by atoms with E-state index in [0.717, 1.165) is 18.7 Å². The van der Waals surface area contributed by atoms with Gasteiger partial charge >= 0.3 is 0 Å². The van der Waals surface area contributed by atoms with E-state index in [1.807, 2.05) is 26.2 Å². The number of nitrogens with zero attached hydrogens (tertiary/aromatic N) is 3. The van der Waals surface area contributed by atoms with Gasteiger partial charge in [-0.15, -0.1) is 0 Å². The second-order valence-electron chi connectivity index (χ2n) is 7.66. The molecule has 0 atom stereocenters. The van der Waals surface area contributed by atoms with Crippen LogP contribution in [-0.4, -0.2) is 48.0 Å². The van der Waals surface area contributed by atoms with E-state index < -0.39 is 0 Å².